The zero-order valence-corrected chi connectivity index (χ0v) is 13.5. The van der Waals surface area contributed by atoms with E-state index in [1.54, 1.807) is 29.0 Å². The van der Waals surface area contributed by atoms with Crippen molar-refractivity contribution in [1.29, 1.82) is 0 Å². The topological polar surface area (TPSA) is 84.7 Å². The van der Waals surface area contributed by atoms with E-state index < -0.39 is 11.9 Å². The fourth-order valence-corrected chi connectivity index (χ4v) is 2.93. The molecule has 0 saturated carbocycles. The van der Waals surface area contributed by atoms with Crippen LogP contribution in [0.3, 0.4) is 0 Å². The molecule has 7 nitrogen and oxygen atoms in total. The maximum absolute atomic E-state index is 12.5. The van der Waals surface area contributed by atoms with Crippen LogP contribution in [0.15, 0.2) is 36.5 Å². The molecule has 2 heterocycles. The number of ether oxygens (including phenoxy) is 1. The van der Waals surface area contributed by atoms with E-state index >= 15 is 0 Å². The molecule has 3 rings (SSSR count). The van der Waals surface area contributed by atoms with Crippen LogP contribution < -0.4 is 4.74 Å². The molecule has 0 aliphatic carbocycles. The van der Waals surface area contributed by atoms with Gasteiger partial charge < -0.3 is 14.7 Å². The number of carboxylic acids is 1. The Morgan fingerprint density at radius 2 is 1.92 bits per heavy atom. The lowest BCUT2D eigenvalue weighted by atomic mass is 9.99. The molecule has 1 fully saturated rings. The third-order valence-corrected chi connectivity index (χ3v) is 4.36. The van der Waals surface area contributed by atoms with Gasteiger partial charge in [-0.15, -0.1) is 0 Å². The zero-order valence-electron chi connectivity index (χ0n) is 13.5. The van der Waals surface area contributed by atoms with Crippen LogP contribution >= 0.6 is 0 Å². The number of benzene rings is 1. The number of carboxylic acid groups (broad SMARTS) is 1. The third-order valence-electron chi connectivity index (χ3n) is 4.36. The van der Waals surface area contributed by atoms with Crippen LogP contribution in [0, 0.1) is 11.8 Å². The van der Waals surface area contributed by atoms with E-state index in [1.165, 1.54) is 0 Å². The SMILES string of the molecule is COc1ccc(-n2ccc(C(=O)N3C[C@@H](C)[C@H](C(=O)O)C3)n2)cc1. The Morgan fingerprint density at radius 3 is 2.50 bits per heavy atom. The lowest BCUT2D eigenvalue weighted by Gasteiger charge is -2.14. The summed E-state index contributed by atoms with van der Waals surface area (Å²) in [4.78, 5) is 25.3. The van der Waals surface area contributed by atoms with Crippen molar-refractivity contribution in [3.8, 4) is 11.4 Å². The smallest absolute Gasteiger partial charge is 0.308 e. The van der Waals surface area contributed by atoms with E-state index in [9.17, 15) is 14.7 Å². The number of aliphatic carboxylic acids is 1. The molecule has 126 valence electrons. The summed E-state index contributed by atoms with van der Waals surface area (Å²) in [5, 5.41) is 13.5. The van der Waals surface area contributed by atoms with Crippen molar-refractivity contribution in [2.45, 2.75) is 6.92 Å². The number of likely N-dealkylation sites (tertiary alicyclic amines) is 1. The molecule has 1 aromatic heterocycles. The van der Waals surface area contributed by atoms with E-state index in [-0.39, 0.29) is 18.4 Å². The number of carbonyl (C=O) groups excluding carboxylic acids is 1. The Kier molecular flexibility index (Phi) is 4.24. The second-order valence-corrected chi connectivity index (χ2v) is 5.98. The minimum Gasteiger partial charge on any atom is -0.497 e. The van der Waals surface area contributed by atoms with E-state index in [4.69, 9.17) is 4.74 Å². The highest BCUT2D eigenvalue weighted by atomic mass is 16.5. The Hall–Kier alpha value is -2.83. The molecule has 24 heavy (non-hydrogen) atoms. The van der Waals surface area contributed by atoms with Crippen molar-refractivity contribution in [2.75, 3.05) is 20.2 Å². The summed E-state index contributed by atoms with van der Waals surface area (Å²) < 4.78 is 6.73. The van der Waals surface area contributed by atoms with E-state index in [1.807, 2.05) is 31.2 Å². The monoisotopic (exact) mass is 329 g/mol. The first-order chi connectivity index (χ1) is 11.5. The van der Waals surface area contributed by atoms with Gasteiger partial charge >= 0.3 is 5.97 Å². The average Bonchev–Trinajstić information content (AvgIpc) is 3.21. The predicted molar refractivity (Wildman–Crippen MR) is 86.3 cm³/mol. The Morgan fingerprint density at radius 1 is 1.21 bits per heavy atom. The standard InChI is InChI=1S/C17H19N3O4/c1-11-9-19(10-14(11)17(22)23)16(21)15-7-8-20(18-15)12-3-5-13(24-2)6-4-12/h3-8,11,14H,9-10H2,1-2H3,(H,22,23)/t11-,14-/m1/s1. The first-order valence-corrected chi connectivity index (χ1v) is 7.71. The quantitative estimate of drug-likeness (QED) is 0.922. The maximum Gasteiger partial charge on any atom is 0.308 e. The average molecular weight is 329 g/mol. The van der Waals surface area contributed by atoms with Crippen molar-refractivity contribution in [2.24, 2.45) is 11.8 Å². The van der Waals surface area contributed by atoms with Crippen LogP contribution in [0.2, 0.25) is 0 Å². The van der Waals surface area contributed by atoms with Gasteiger partial charge in [0.1, 0.15) is 5.75 Å². The van der Waals surface area contributed by atoms with Crippen molar-refractivity contribution in [3.63, 3.8) is 0 Å². The van der Waals surface area contributed by atoms with Gasteiger partial charge in [-0.1, -0.05) is 6.92 Å². The largest absolute Gasteiger partial charge is 0.497 e. The second-order valence-electron chi connectivity index (χ2n) is 5.98. The Bertz CT molecular complexity index is 753. The molecule has 1 saturated heterocycles. The number of aromatic nitrogens is 2. The van der Waals surface area contributed by atoms with Gasteiger partial charge in [0.05, 0.1) is 18.7 Å². The number of hydrogen-bond donors (Lipinski definition) is 1. The second kappa shape index (κ2) is 6.35. The van der Waals surface area contributed by atoms with E-state index in [0.717, 1.165) is 11.4 Å². The minimum atomic E-state index is -0.860. The molecular weight excluding hydrogens is 310 g/mol. The first-order valence-electron chi connectivity index (χ1n) is 7.71. The van der Waals surface area contributed by atoms with Gasteiger partial charge in [-0.05, 0) is 36.2 Å². The summed E-state index contributed by atoms with van der Waals surface area (Å²) in [5.74, 6) is -0.930. The fourth-order valence-electron chi connectivity index (χ4n) is 2.93. The van der Waals surface area contributed by atoms with Gasteiger partial charge in [-0.3, -0.25) is 9.59 Å². The normalized spacial score (nSPS) is 20.2. The predicted octanol–water partition coefficient (Wildman–Crippen LogP) is 1.67. The molecule has 0 bridgehead atoms. The lowest BCUT2D eigenvalue weighted by Crippen LogP contribution is -2.30. The molecule has 0 spiro atoms. The molecule has 1 aliphatic rings. The van der Waals surface area contributed by atoms with Crippen LogP contribution in [0.4, 0.5) is 0 Å². The van der Waals surface area contributed by atoms with Crippen LogP contribution in [-0.2, 0) is 4.79 Å². The highest BCUT2D eigenvalue weighted by Crippen LogP contribution is 2.24. The van der Waals surface area contributed by atoms with Gasteiger partial charge in [0.25, 0.3) is 5.91 Å². The molecular formula is C17H19N3O4. The Balaban J connectivity index is 1.75. The number of nitrogens with zero attached hydrogens (tertiary/aromatic N) is 3. The van der Waals surface area contributed by atoms with Gasteiger partial charge in [-0.2, -0.15) is 5.10 Å². The molecule has 2 aromatic rings. The van der Waals surface area contributed by atoms with Gasteiger partial charge in [0, 0.05) is 19.3 Å². The summed E-state index contributed by atoms with van der Waals surface area (Å²) in [5.41, 5.74) is 1.12. The summed E-state index contributed by atoms with van der Waals surface area (Å²) in [7, 11) is 1.60. The number of rotatable bonds is 4. The van der Waals surface area contributed by atoms with E-state index in [2.05, 4.69) is 5.10 Å². The molecule has 1 aromatic carbocycles. The molecule has 1 aliphatic heterocycles. The maximum atomic E-state index is 12.5. The zero-order chi connectivity index (χ0) is 17.3. The molecule has 2 atom stereocenters. The lowest BCUT2D eigenvalue weighted by molar-refractivity contribution is -0.142. The summed E-state index contributed by atoms with van der Waals surface area (Å²) in [6.45, 7) is 2.51. The molecule has 0 unspecified atom stereocenters. The molecule has 1 amide bonds. The molecule has 7 heteroatoms. The first kappa shape index (κ1) is 16.0. The molecule has 0 radical (unpaired) electrons. The van der Waals surface area contributed by atoms with Crippen molar-refractivity contribution in [1.82, 2.24) is 14.7 Å². The van der Waals surface area contributed by atoms with Crippen molar-refractivity contribution in [3.05, 3.63) is 42.2 Å². The fraction of sp³-hybridized carbons (Fsp3) is 0.353. The van der Waals surface area contributed by atoms with Crippen LogP contribution in [0.25, 0.3) is 5.69 Å². The Labute approximate surface area is 139 Å². The molecule has 1 N–H and O–H groups in total. The summed E-state index contributed by atoms with van der Waals surface area (Å²) in [6.07, 6.45) is 1.71. The van der Waals surface area contributed by atoms with Crippen molar-refractivity contribution >= 4 is 11.9 Å². The number of carbonyl (C=O) groups is 2. The minimum absolute atomic E-state index is 0.0601. The third kappa shape index (κ3) is 2.97. The van der Waals surface area contributed by atoms with Crippen LogP contribution in [0.1, 0.15) is 17.4 Å². The highest BCUT2D eigenvalue weighted by Gasteiger charge is 2.37. The summed E-state index contributed by atoms with van der Waals surface area (Å²) in [6, 6.07) is 8.97. The summed E-state index contributed by atoms with van der Waals surface area (Å²) >= 11 is 0. The number of amides is 1. The number of hydrogen-bond acceptors (Lipinski definition) is 4. The van der Waals surface area contributed by atoms with Gasteiger partial charge in [0.2, 0.25) is 0 Å². The highest BCUT2D eigenvalue weighted by molar-refractivity contribution is 5.93. The van der Waals surface area contributed by atoms with Gasteiger partial charge in [-0.25, -0.2) is 4.68 Å². The van der Waals surface area contributed by atoms with Gasteiger partial charge in [0.15, 0.2) is 5.69 Å². The van der Waals surface area contributed by atoms with Crippen LogP contribution in [0.5, 0.6) is 5.75 Å². The van der Waals surface area contributed by atoms with Crippen LogP contribution in [-0.4, -0.2) is 51.9 Å². The number of methoxy groups -OCH3 is 1. The van der Waals surface area contributed by atoms with Crippen molar-refractivity contribution < 1.29 is 19.4 Å². The van der Waals surface area contributed by atoms with E-state index in [0.29, 0.717) is 12.2 Å².